The van der Waals surface area contributed by atoms with Gasteiger partial charge in [0.1, 0.15) is 0 Å². The molecule has 2 atom stereocenters. The van der Waals surface area contributed by atoms with Crippen molar-refractivity contribution in [3.05, 3.63) is 0 Å². The van der Waals surface area contributed by atoms with E-state index in [1.807, 2.05) is 0 Å². The predicted molar refractivity (Wildman–Crippen MR) is 65.9 cm³/mol. The van der Waals surface area contributed by atoms with Crippen LogP contribution in [-0.2, 0) is 9.53 Å². The van der Waals surface area contributed by atoms with Crippen molar-refractivity contribution in [2.24, 2.45) is 11.8 Å². The normalized spacial score (nSPS) is 35.7. The lowest BCUT2D eigenvalue weighted by atomic mass is 9.68. The van der Waals surface area contributed by atoms with Crippen LogP contribution in [0.4, 0.5) is 0 Å². The second kappa shape index (κ2) is 5.38. The Kier molecular flexibility index (Phi) is 4.08. The van der Waals surface area contributed by atoms with Crippen LogP contribution in [0, 0.1) is 11.8 Å². The van der Waals surface area contributed by atoms with Gasteiger partial charge in [0.05, 0.1) is 0 Å². The zero-order valence-corrected chi connectivity index (χ0v) is 10.8. The number of carboxylic acids is 1. The first-order valence-electron chi connectivity index (χ1n) is 6.96. The molecule has 0 spiro atoms. The van der Waals surface area contributed by atoms with E-state index in [0.29, 0.717) is 12.3 Å². The van der Waals surface area contributed by atoms with Crippen LogP contribution in [0.3, 0.4) is 0 Å². The standard InChI is InChI=1S/C14H24O3/c1-17-14(13(15)16)9-5-8-12(10-14)11-6-3-2-4-7-11/h11-12H,2-10H2,1H3,(H,15,16). The molecule has 0 amide bonds. The highest BCUT2D eigenvalue weighted by molar-refractivity contribution is 5.77. The second-order valence-electron chi connectivity index (χ2n) is 5.76. The van der Waals surface area contributed by atoms with Gasteiger partial charge in [-0.05, 0) is 37.5 Å². The van der Waals surface area contributed by atoms with Gasteiger partial charge in [0, 0.05) is 7.11 Å². The molecule has 2 unspecified atom stereocenters. The van der Waals surface area contributed by atoms with Crippen LogP contribution < -0.4 is 0 Å². The number of carboxylic acid groups (broad SMARTS) is 1. The van der Waals surface area contributed by atoms with Crippen LogP contribution in [-0.4, -0.2) is 23.8 Å². The van der Waals surface area contributed by atoms with Crippen LogP contribution in [0.1, 0.15) is 57.8 Å². The van der Waals surface area contributed by atoms with Crippen molar-refractivity contribution in [2.75, 3.05) is 7.11 Å². The highest BCUT2D eigenvalue weighted by Crippen LogP contribution is 2.43. The molecule has 3 heteroatoms. The monoisotopic (exact) mass is 240 g/mol. The summed E-state index contributed by atoms with van der Waals surface area (Å²) in [5.41, 5.74) is -0.889. The van der Waals surface area contributed by atoms with E-state index >= 15 is 0 Å². The van der Waals surface area contributed by atoms with Gasteiger partial charge in [-0.2, -0.15) is 0 Å². The van der Waals surface area contributed by atoms with Crippen LogP contribution >= 0.6 is 0 Å². The smallest absolute Gasteiger partial charge is 0.335 e. The average Bonchev–Trinajstić information content (AvgIpc) is 2.39. The molecule has 0 aromatic heterocycles. The van der Waals surface area contributed by atoms with Crippen molar-refractivity contribution < 1.29 is 14.6 Å². The maximum Gasteiger partial charge on any atom is 0.335 e. The molecule has 0 heterocycles. The third-order valence-electron chi connectivity index (χ3n) is 4.84. The van der Waals surface area contributed by atoms with E-state index in [0.717, 1.165) is 18.8 Å². The minimum Gasteiger partial charge on any atom is -0.479 e. The highest BCUT2D eigenvalue weighted by Gasteiger charge is 2.44. The SMILES string of the molecule is COC1(C(=O)O)CCCC(C2CCCCC2)C1. The Labute approximate surface area is 104 Å². The average molecular weight is 240 g/mol. The summed E-state index contributed by atoms with van der Waals surface area (Å²) in [5.74, 6) is 0.554. The quantitative estimate of drug-likeness (QED) is 0.823. The van der Waals surface area contributed by atoms with Gasteiger partial charge in [0.15, 0.2) is 5.60 Å². The van der Waals surface area contributed by atoms with Crippen molar-refractivity contribution in [3.8, 4) is 0 Å². The molecule has 1 N–H and O–H groups in total. The number of methoxy groups -OCH3 is 1. The van der Waals surface area contributed by atoms with Crippen molar-refractivity contribution in [2.45, 2.75) is 63.4 Å². The highest BCUT2D eigenvalue weighted by atomic mass is 16.5. The summed E-state index contributed by atoms with van der Waals surface area (Å²) in [6, 6.07) is 0. The Hall–Kier alpha value is -0.570. The summed E-state index contributed by atoms with van der Waals surface area (Å²) in [6.07, 6.45) is 10.2. The number of hydrogen-bond donors (Lipinski definition) is 1. The summed E-state index contributed by atoms with van der Waals surface area (Å²) < 4.78 is 5.36. The lowest BCUT2D eigenvalue weighted by Gasteiger charge is -2.40. The van der Waals surface area contributed by atoms with E-state index in [1.54, 1.807) is 7.11 Å². The van der Waals surface area contributed by atoms with E-state index in [4.69, 9.17) is 4.74 Å². The van der Waals surface area contributed by atoms with E-state index < -0.39 is 11.6 Å². The van der Waals surface area contributed by atoms with E-state index in [9.17, 15) is 9.90 Å². The third kappa shape index (κ3) is 2.65. The largest absolute Gasteiger partial charge is 0.479 e. The number of ether oxygens (including phenoxy) is 1. The Morgan fingerprint density at radius 3 is 2.35 bits per heavy atom. The van der Waals surface area contributed by atoms with Crippen molar-refractivity contribution in [3.63, 3.8) is 0 Å². The van der Waals surface area contributed by atoms with Gasteiger partial charge in [0.2, 0.25) is 0 Å². The maximum absolute atomic E-state index is 11.4. The fourth-order valence-electron chi connectivity index (χ4n) is 3.75. The molecule has 0 bridgehead atoms. The van der Waals surface area contributed by atoms with Gasteiger partial charge in [-0.15, -0.1) is 0 Å². The molecule has 2 aliphatic carbocycles. The van der Waals surface area contributed by atoms with Crippen LogP contribution in [0.5, 0.6) is 0 Å². The van der Waals surface area contributed by atoms with Crippen LogP contribution in [0.15, 0.2) is 0 Å². The van der Waals surface area contributed by atoms with Gasteiger partial charge in [-0.1, -0.05) is 32.1 Å². The summed E-state index contributed by atoms with van der Waals surface area (Å²) in [5, 5.41) is 9.38. The molecule has 0 saturated heterocycles. The molecule has 2 aliphatic rings. The molecule has 2 rings (SSSR count). The minimum absolute atomic E-state index is 0.570. The minimum atomic E-state index is -0.889. The first-order chi connectivity index (χ1) is 8.18. The first kappa shape index (κ1) is 12.9. The third-order valence-corrected chi connectivity index (χ3v) is 4.84. The lowest BCUT2D eigenvalue weighted by Crippen LogP contribution is -2.46. The number of rotatable bonds is 3. The van der Waals surface area contributed by atoms with E-state index in [1.165, 1.54) is 38.5 Å². The number of carbonyl (C=O) groups is 1. The summed E-state index contributed by atoms with van der Waals surface area (Å²) in [7, 11) is 1.55. The van der Waals surface area contributed by atoms with Crippen molar-refractivity contribution >= 4 is 5.97 Å². The number of aliphatic carboxylic acids is 1. The maximum atomic E-state index is 11.4. The topological polar surface area (TPSA) is 46.5 Å². The molecule has 2 fully saturated rings. The van der Waals surface area contributed by atoms with E-state index in [2.05, 4.69) is 0 Å². The Balaban J connectivity index is 2.02. The summed E-state index contributed by atoms with van der Waals surface area (Å²) in [6.45, 7) is 0. The van der Waals surface area contributed by atoms with Gasteiger partial charge >= 0.3 is 5.97 Å². The molecular formula is C14H24O3. The van der Waals surface area contributed by atoms with Crippen molar-refractivity contribution in [1.82, 2.24) is 0 Å². The Morgan fingerprint density at radius 2 is 1.76 bits per heavy atom. The molecule has 0 aliphatic heterocycles. The molecule has 17 heavy (non-hydrogen) atoms. The van der Waals surface area contributed by atoms with Gasteiger partial charge in [-0.25, -0.2) is 4.79 Å². The lowest BCUT2D eigenvalue weighted by molar-refractivity contribution is -0.169. The molecule has 0 aromatic carbocycles. The molecule has 2 saturated carbocycles. The molecule has 0 radical (unpaired) electrons. The van der Waals surface area contributed by atoms with Gasteiger partial charge < -0.3 is 9.84 Å². The fourth-order valence-corrected chi connectivity index (χ4v) is 3.75. The molecular weight excluding hydrogens is 216 g/mol. The summed E-state index contributed by atoms with van der Waals surface area (Å²) in [4.78, 5) is 11.4. The molecule has 0 aromatic rings. The van der Waals surface area contributed by atoms with E-state index in [-0.39, 0.29) is 0 Å². The molecule has 98 valence electrons. The summed E-state index contributed by atoms with van der Waals surface area (Å²) >= 11 is 0. The zero-order chi connectivity index (χ0) is 12.3. The van der Waals surface area contributed by atoms with Gasteiger partial charge in [0.25, 0.3) is 0 Å². The second-order valence-corrected chi connectivity index (χ2v) is 5.76. The number of hydrogen-bond acceptors (Lipinski definition) is 2. The first-order valence-corrected chi connectivity index (χ1v) is 6.96. The van der Waals surface area contributed by atoms with Crippen LogP contribution in [0.25, 0.3) is 0 Å². The van der Waals surface area contributed by atoms with Crippen molar-refractivity contribution in [1.29, 1.82) is 0 Å². The van der Waals surface area contributed by atoms with Crippen LogP contribution in [0.2, 0.25) is 0 Å². The Bertz CT molecular complexity index is 271. The Morgan fingerprint density at radius 1 is 1.12 bits per heavy atom. The predicted octanol–water partition coefficient (Wildman–Crippen LogP) is 3.23. The fraction of sp³-hybridized carbons (Fsp3) is 0.929. The molecule has 3 nitrogen and oxygen atoms in total. The van der Waals surface area contributed by atoms with Gasteiger partial charge in [-0.3, -0.25) is 0 Å². The zero-order valence-electron chi connectivity index (χ0n) is 10.8.